The number of carbonyl (C=O) groups excluding carboxylic acids is 1. The van der Waals surface area contributed by atoms with Gasteiger partial charge >= 0.3 is 0 Å². The van der Waals surface area contributed by atoms with Crippen molar-refractivity contribution in [2.24, 2.45) is 0 Å². The highest BCUT2D eigenvalue weighted by Crippen LogP contribution is 2.21. The molecule has 0 saturated carbocycles. The molecule has 1 saturated heterocycles. The highest BCUT2D eigenvalue weighted by Gasteiger charge is 2.14. The smallest absolute Gasteiger partial charge is 0.274 e. The first-order chi connectivity index (χ1) is 12.1. The van der Waals surface area contributed by atoms with E-state index in [4.69, 9.17) is 4.74 Å². The van der Waals surface area contributed by atoms with Gasteiger partial charge in [-0.15, -0.1) is 0 Å². The molecule has 1 amide bonds. The van der Waals surface area contributed by atoms with Gasteiger partial charge in [-0.05, 0) is 69.5 Å². The van der Waals surface area contributed by atoms with Crippen molar-refractivity contribution in [2.45, 2.75) is 39.2 Å². The molecule has 5 heteroatoms. The van der Waals surface area contributed by atoms with Crippen LogP contribution in [0, 0.1) is 0 Å². The number of nitrogens with one attached hydrogen (secondary N) is 1. The summed E-state index contributed by atoms with van der Waals surface area (Å²) in [7, 11) is 0. The van der Waals surface area contributed by atoms with Gasteiger partial charge < -0.3 is 15.0 Å². The third-order valence-corrected chi connectivity index (χ3v) is 4.18. The van der Waals surface area contributed by atoms with Crippen LogP contribution in [-0.2, 0) is 0 Å². The van der Waals surface area contributed by atoms with E-state index in [0.717, 1.165) is 30.2 Å². The Labute approximate surface area is 149 Å². The van der Waals surface area contributed by atoms with Crippen LogP contribution in [0.5, 0.6) is 5.75 Å². The van der Waals surface area contributed by atoms with Crippen LogP contribution in [0.2, 0.25) is 0 Å². The molecule has 1 N–H and O–H groups in total. The van der Waals surface area contributed by atoms with Crippen molar-refractivity contribution in [1.82, 2.24) is 4.98 Å². The van der Waals surface area contributed by atoms with Gasteiger partial charge in [0, 0.05) is 30.7 Å². The fourth-order valence-electron chi connectivity index (χ4n) is 2.98. The molecule has 1 fully saturated rings. The summed E-state index contributed by atoms with van der Waals surface area (Å²) in [4.78, 5) is 19.0. The number of carbonyl (C=O) groups is 1. The molecule has 1 aromatic carbocycles. The van der Waals surface area contributed by atoms with Crippen LogP contribution in [-0.4, -0.2) is 30.1 Å². The molecule has 1 aliphatic heterocycles. The lowest BCUT2D eigenvalue weighted by molar-refractivity contribution is 0.102. The molecule has 0 atom stereocenters. The predicted molar refractivity (Wildman–Crippen MR) is 100 cm³/mol. The number of aromatic nitrogens is 1. The zero-order valence-electron chi connectivity index (χ0n) is 14.9. The van der Waals surface area contributed by atoms with Crippen LogP contribution >= 0.6 is 0 Å². The minimum atomic E-state index is -0.198. The normalized spacial score (nSPS) is 14.4. The van der Waals surface area contributed by atoms with Gasteiger partial charge in [0.25, 0.3) is 5.91 Å². The van der Waals surface area contributed by atoms with Crippen molar-refractivity contribution in [1.29, 1.82) is 0 Å². The number of nitrogens with zero attached hydrogens (tertiary/aromatic N) is 2. The lowest BCUT2D eigenvalue weighted by Gasteiger charge is -2.28. The molecule has 1 aromatic heterocycles. The number of hydrogen-bond donors (Lipinski definition) is 1. The summed E-state index contributed by atoms with van der Waals surface area (Å²) >= 11 is 0. The second-order valence-electron chi connectivity index (χ2n) is 6.59. The summed E-state index contributed by atoms with van der Waals surface area (Å²) in [5.74, 6) is 0.592. The fourth-order valence-corrected chi connectivity index (χ4v) is 2.98. The maximum atomic E-state index is 12.5. The fraction of sp³-hybridized carbons (Fsp3) is 0.400. The molecule has 0 unspecified atom stereocenters. The Morgan fingerprint density at radius 3 is 2.52 bits per heavy atom. The molecular formula is C20H25N3O2. The van der Waals surface area contributed by atoms with Gasteiger partial charge in [0.05, 0.1) is 6.10 Å². The van der Waals surface area contributed by atoms with E-state index in [1.807, 2.05) is 50.2 Å². The molecule has 132 valence electrons. The molecule has 1 aliphatic rings. The first kappa shape index (κ1) is 17.3. The molecule has 25 heavy (non-hydrogen) atoms. The van der Waals surface area contributed by atoms with Crippen LogP contribution < -0.4 is 15.0 Å². The molecule has 0 radical (unpaired) electrons. The highest BCUT2D eigenvalue weighted by atomic mass is 16.5. The molecule has 2 aromatic rings. The van der Waals surface area contributed by atoms with Crippen molar-refractivity contribution in [3.05, 3.63) is 48.3 Å². The zero-order chi connectivity index (χ0) is 17.6. The predicted octanol–water partition coefficient (Wildman–Crippen LogP) is 4.11. The Kier molecular flexibility index (Phi) is 5.53. The summed E-state index contributed by atoms with van der Waals surface area (Å²) in [6.45, 7) is 6.05. The Bertz CT molecular complexity index is 707. The summed E-state index contributed by atoms with van der Waals surface area (Å²) in [6, 6.07) is 11.2. The van der Waals surface area contributed by atoms with Crippen molar-refractivity contribution in [2.75, 3.05) is 23.3 Å². The average Bonchev–Trinajstić information content (AvgIpc) is 2.64. The van der Waals surface area contributed by atoms with Crippen LogP contribution in [0.15, 0.2) is 42.6 Å². The van der Waals surface area contributed by atoms with Crippen LogP contribution in [0.4, 0.5) is 11.4 Å². The lowest BCUT2D eigenvalue weighted by atomic mass is 10.1. The SMILES string of the molecule is CC(C)Oc1ccc(NC(=O)c2cc(N3CCCCC3)ccn2)cc1. The lowest BCUT2D eigenvalue weighted by Crippen LogP contribution is -2.29. The van der Waals surface area contributed by atoms with E-state index in [1.54, 1.807) is 6.20 Å². The molecule has 0 aliphatic carbocycles. The molecule has 0 spiro atoms. The largest absolute Gasteiger partial charge is 0.491 e. The quantitative estimate of drug-likeness (QED) is 0.890. The number of pyridine rings is 1. The van der Waals surface area contributed by atoms with Gasteiger partial charge in [0.1, 0.15) is 11.4 Å². The Hall–Kier alpha value is -2.56. The second-order valence-corrected chi connectivity index (χ2v) is 6.59. The number of amides is 1. The maximum absolute atomic E-state index is 12.5. The Balaban J connectivity index is 1.66. The van der Waals surface area contributed by atoms with Crippen molar-refractivity contribution in [3.63, 3.8) is 0 Å². The van der Waals surface area contributed by atoms with Crippen molar-refractivity contribution < 1.29 is 9.53 Å². The summed E-state index contributed by atoms with van der Waals surface area (Å²) < 4.78 is 5.61. The Morgan fingerprint density at radius 2 is 1.84 bits per heavy atom. The van der Waals surface area contributed by atoms with E-state index in [-0.39, 0.29) is 12.0 Å². The third-order valence-electron chi connectivity index (χ3n) is 4.18. The van der Waals surface area contributed by atoms with E-state index in [9.17, 15) is 4.79 Å². The van der Waals surface area contributed by atoms with E-state index < -0.39 is 0 Å². The summed E-state index contributed by atoms with van der Waals surface area (Å²) in [5, 5.41) is 2.89. The topological polar surface area (TPSA) is 54.5 Å². The molecule has 2 heterocycles. The summed E-state index contributed by atoms with van der Waals surface area (Å²) in [5.41, 5.74) is 2.23. The van der Waals surface area contributed by atoms with Gasteiger partial charge in [-0.1, -0.05) is 0 Å². The number of anilines is 2. The highest BCUT2D eigenvalue weighted by molar-refractivity contribution is 6.03. The minimum Gasteiger partial charge on any atom is -0.491 e. The van der Waals surface area contributed by atoms with Crippen LogP contribution in [0.25, 0.3) is 0 Å². The zero-order valence-corrected chi connectivity index (χ0v) is 14.9. The van der Waals surface area contributed by atoms with Crippen molar-refractivity contribution >= 4 is 17.3 Å². The van der Waals surface area contributed by atoms with Crippen LogP contribution in [0.3, 0.4) is 0 Å². The molecular weight excluding hydrogens is 314 g/mol. The second kappa shape index (κ2) is 8.01. The maximum Gasteiger partial charge on any atom is 0.274 e. The average molecular weight is 339 g/mol. The van der Waals surface area contributed by atoms with E-state index in [1.165, 1.54) is 19.3 Å². The van der Waals surface area contributed by atoms with E-state index >= 15 is 0 Å². The monoisotopic (exact) mass is 339 g/mol. The number of rotatable bonds is 5. The Morgan fingerprint density at radius 1 is 1.12 bits per heavy atom. The van der Waals surface area contributed by atoms with Crippen molar-refractivity contribution in [3.8, 4) is 5.75 Å². The number of benzene rings is 1. The summed E-state index contributed by atoms with van der Waals surface area (Å²) in [6.07, 6.45) is 5.52. The number of piperidine rings is 1. The van der Waals surface area contributed by atoms with E-state index in [0.29, 0.717) is 5.69 Å². The van der Waals surface area contributed by atoms with Gasteiger partial charge in [-0.2, -0.15) is 0 Å². The van der Waals surface area contributed by atoms with Gasteiger partial charge in [-0.25, -0.2) is 0 Å². The molecule has 3 rings (SSSR count). The number of ether oxygens (including phenoxy) is 1. The van der Waals surface area contributed by atoms with Gasteiger partial charge in [0.2, 0.25) is 0 Å². The first-order valence-electron chi connectivity index (χ1n) is 8.91. The van der Waals surface area contributed by atoms with Gasteiger partial charge in [-0.3, -0.25) is 9.78 Å². The van der Waals surface area contributed by atoms with Crippen LogP contribution in [0.1, 0.15) is 43.6 Å². The first-order valence-corrected chi connectivity index (χ1v) is 8.91. The van der Waals surface area contributed by atoms with Gasteiger partial charge in [0.15, 0.2) is 0 Å². The number of hydrogen-bond acceptors (Lipinski definition) is 4. The minimum absolute atomic E-state index is 0.127. The molecule has 0 bridgehead atoms. The third kappa shape index (κ3) is 4.72. The van der Waals surface area contributed by atoms with E-state index in [2.05, 4.69) is 15.2 Å². The molecule has 5 nitrogen and oxygen atoms in total. The standard InChI is InChI=1S/C20H25N3O2/c1-15(2)25-18-8-6-16(7-9-18)22-20(24)19-14-17(10-11-21-19)23-12-4-3-5-13-23/h6-11,14-15H,3-5,12-13H2,1-2H3,(H,22,24).